The highest BCUT2D eigenvalue weighted by molar-refractivity contribution is 6.10. The minimum atomic E-state index is -1.49. The summed E-state index contributed by atoms with van der Waals surface area (Å²) in [6, 6.07) is 8.64. The molecule has 3 aliphatic heterocycles. The number of carbonyl (C=O) groups is 3. The zero-order valence-corrected chi connectivity index (χ0v) is 18.9. The van der Waals surface area contributed by atoms with Gasteiger partial charge in [-0.1, -0.05) is 45.0 Å². The number of benzene rings is 1. The van der Waals surface area contributed by atoms with Gasteiger partial charge < -0.3 is 20.1 Å². The Kier molecular flexibility index (Phi) is 5.01. The van der Waals surface area contributed by atoms with Crippen molar-refractivity contribution in [3.8, 4) is 0 Å². The molecule has 1 saturated heterocycles. The minimum absolute atomic E-state index is 0.120. The van der Waals surface area contributed by atoms with Crippen molar-refractivity contribution >= 4 is 34.4 Å². The van der Waals surface area contributed by atoms with Crippen LogP contribution in [0.15, 0.2) is 36.4 Å². The second-order valence-corrected chi connectivity index (χ2v) is 9.36. The van der Waals surface area contributed by atoms with Gasteiger partial charge in [0.25, 0.3) is 5.91 Å². The van der Waals surface area contributed by atoms with Crippen LogP contribution in [0.1, 0.15) is 43.2 Å². The highest BCUT2D eigenvalue weighted by Gasteiger charge is 2.58. The number of carbonyl (C=O) groups excluding carboxylic acids is 3. The lowest BCUT2D eigenvalue weighted by atomic mass is 9.72. The van der Waals surface area contributed by atoms with E-state index in [0.29, 0.717) is 23.5 Å². The molecule has 0 spiro atoms. The number of hydrogen-bond donors (Lipinski definition) is 1. The smallest absolute Gasteiger partial charge is 0.351 e. The summed E-state index contributed by atoms with van der Waals surface area (Å²) in [6.07, 6.45) is 2.11. The van der Waals surface area contributed by atoms with Crippen molar-refractivity contribution in [1.82, 2.24) is 9.88 Å². The second-order valence-electron chi connectivity index (χ2n) is 9.36. The minimum Gasteiger partial charge on any atom is -0.462 e. The van der Waals surface area contributed by atoms with Gasteiger partial charge in [-0.25, -0.2) is 9.78 Å². The summed E-state index contributed by atoms with van der Waals surface area (Å²) in [5.41, 5.74) is 7.09. The molecular formula is C25H27N3O5. The van der Waals surface area contributed by atoms with Crippen molar-refractivity contribution in [3.05, 3.63) is 47.7 Å². The first-order valence-corrected chi connectivity index (χ1v) is 11.4. The van der Waals surface area contributed by atoms with E-state index in [2.05, 4.69) is 0 Å². The van der Waals surface area contributed by atoms with Crippen LogP contribution >= 0.6 is 0 Å². The third-order valence-corrected chi connectivity index (χ3v) is 7.11. The van der Waals surface area contributed by atoms with E-state index in [0.717, 1.165) is 10.9 Å². The van der Waals surface area contributed by atoms with Gasteiger partial charge in [-0.05, 0) is 24.5 Å². The van der Waals surface area contributed by atoms with Crippen LogP contribution in [0.2, 0.25) is 0 Å². The van der Waals surface area contributed by atoms with Crippen LogP contribution < -0.4 is 5.73 Å². The van der Waals surface area contributed by atoms with Crippen LogP contribution in [-0.4, -0.2) is 52.5 Å². The topological polar surface area (TPSA) is 112 Å². The summed E-state index contributed by atoms with van der Waals surface area (Å²) < 4.78 is 11.3. The van der Waals surface area contributed by atoms with Crippen molar-refractivity contribution in [2.24, 2.45) is 23.5 Å². The molecule has 2 unspecified atom stereocenters. The number of rotatable bonds is 4. The Labute approximate surface area is 191 Å². The van der Waals surface area contributed by atoms with E-state index < -0.39 is 29.5 Å². The lowest BCUT2D eigenvalue weighted by Crippen LogP contribution is -2.60. The number of fused-ring (bicyclic) bond motifs is 5. The number of aromatic nitrogens is 1. The summed E-state index contributed by atoms with van der Waals surface area (Å²) >= 11 is 0. The van der Waals surface area contributed by atoms with Crippen molar-refractivity contribution in [1.29, 1.82) is 0 Å². The molecule has 8 nitrogen and oxygen atoms in total. The normalized spacial score (nSPS) is 26.9. The Hall–Kier alpha value is -3.26. The molecule has 1 aromatic heterocycles. The van der Waals surface area contributed by atoms with Gasteiger partial charge in [-0.2, -0.15) is 0 Å². The average molecular weight is 450 g/mol. The zero-order valence-electron chi connectivity index (χ0n) is 18.9. The lowest BCUT2D eigenvalue weighted by Gasteiger charge is -2.47. The first kappa shape index (κ1) is 21.6. The number of para-hydroxylation sites is 1. The van der Waals surface area contributed by atoms with Crippen LogP contribution in [0.3, 0.4) is 0 Å². The Morgan fingerprint density at radius 3 is 2.82 bits per heavy atom. The zero-order chi connectivity index (χ0) is 23.5. The SMILES string of the molecule is CC[C@@]1(OC(=O)[C@@H](N)C(C)C)C(=O)OCC2CN3C(=O)c4cc5ccccc5nc4C3=CC21. The molecule has 0 saturated carbocycles. The Morgan fingerprint density at radius 1 is 1.33 bits per heavy atom. The third-order valence-electron chi connectivity index (χ3n) is 7.11. The fraction of sp³-hybridized carbons (Fsp3) is 0.440. The molecular weight excluding hydrogens is 422 g/mol. The van der Waals surface area contributed by atoms with Gasteiger partial charge in [0.15, 0.2) is 0 Å². The first-order chi connectivity index (χ1) is 15.8. The predicted octanol–water partition coefficient (Wildman–Crippen LogP) is 2.51. The van der Waals surface area contributed by atoms with Crippen molar-refractivity contribution in [2.45, 2.75) is 38.8 Å². The summed E-state index contributed by atoms with van der Waals surface area (Å²) in [4.78, 5) is 45.5. The maximum absolute atomic E-state index is 13.2. The number of pyridine rings is 1. The molecule has 1 aromatic carbocycles. The number of esters is 2. The maximum Gasteiger partial charge on any atom is 0.351 e. The number of hydrogen-bond acceptors (Lipinski definition) is 7. The van der Waals surface area contributed by atoms with Crippen molar-refractivity contribution < 1.29 is 23.9 Å². The van der Waals surface area contributed by atoms with Crippen LogP contribution in [0, 0.1) is 17.8 Å². The second kappa shape index (κ2) is 7.66. The van der Waals surface area contributed by atoms with Gasteiger partial charge in [0, 0.05) is 23.8 Å². The third kappa shape index (κ3) is 3.15. The lowest BCUT2D eigenvalue weighted by molar-refractivity contribution is -0.205. The fourth-order valence-corrected chi connectivity index (χ4v) is 5.06. The molecule has 33 heavy (non-hydrogen) atoms. The summed E-state index contributed by atoms with van der Waals surface area (Å²) in [6.45, 7) is 5.94. The Balaban J connectivity index is 1.61. The van der Waals surface area contributed by atoms with Crippen LogP contribution in [0.5, 0.6) is 0 Å². The van der Waals surface area contributed by atoms with E-state index in [1.807, 2.05) is 50.3 Å². The monoisotopic (exact) mass is 449 g/mol. The largest absolute Gasteiger partial charge is 0.462 e. The van der Waals surface area contributed by atoms with E-state index in [1.54, 1.807) is 11.8 Å². The summed E-state index contributed by atoms with van der Waals surface area (Å²) in [5, 5.41) is 0.889. The quantitative estimate of drug-likeness (QED) is 0.714. The van der Waals surface area contributed by atoms with Crippen LogP contribution in [0.4, 0.5) is 0 Å². The Morgan fingerprint density at radius 2 is 2.09 bits per heavy atom. The van der Waals surface area contributed by atoms with Gasteiger partial charge in [-0.3, -0.25) is 9.59 Å². The number of nitrogens with zero attached hydrogens (tertiary/aromatic N) is 2. The van der Waals surface area contributed by atoms with Crippen LogP contribution in [-0.2, 0) is 19.1 Å². The molecule has 0 bridgehead atoms. The molecule has 0 radical (unpaired) electrons. The van der Waals surface area contributed by atoms with Gasteiger partial charge in [0.2, 0.25) is 5.60 Å². The van der Waals surface area contributed by atoms with E-state index in [9.17, 15) is 14.4 Å². The van der Waals surface area contributed by atoms with E-state index >= 15 is 0 Å². The fourth-order valence-electron chi connectivity index (χ4n) is 5.06. The molecule has 8 heteroatoms. The number of nitrogens with two attached hydrogens (primary N) is 1. The van der Waals surface area contributed by atoms with Gasteiger partial charge in [0.05, 0.1) is 29.1 Å². The van der Waals surface area contributed by atoms with E-state index in [-0.39, 0.29) is 30.8 Å². The highest BCUT2D eigenvalue weighted by atomic mass is 16.6. The Bertz CT molecular complexity index is 1210. The molecule has 1 amide bonds. The average Bonchev–Trinajstić information content (AvgIpc) is 3.08. The molecule has 5 rings (SSSR count). The highest BCUT2D eigenvalue weighted by Crippen LogP contribution is 2.47. The van der Waals surface area contributed by atoms with Crippen LogP contribution in [0.25, 0.3) is 16.6 Å². The van der Waals surface area contributed by atoms with Gasteiger partial charge in [-0.15, -0.1) is 0 Å². The molecule has 172 valence electrons. The molecule has 1 fully saturated rings. The van der Waals surface area contributed by atoms with Crippen molar-refractivity contribution in [3.63, 3.8) is 0 Å². The number of amides is 1. The molecule has 3 aliphatic rings. The number of cyclic esters (lactones) is 1. The summed E-state index contributed by atoms with van der Waals surface area (Å²) in [5.74, 6) is -2.12. The summed E-state index contributed by atoms with van der Waals surface area (Å²) in [7, 11) is 0. The first-order valence-electron chi connectivity index (χ1n) is 11.4. The molecule has 4 atom stereocenters. The maximum atomic E-state index is 13.2. The number of ether oxygens (including phenoxy) is 2. The molecule has 2 aromatic rings. The van der Waals surface area contributed by atoms with Gasteiger partial charge >= 0.3 is 11.9 Å². The standard InChI is InChI=1S/C25H27N3O5/c1-4-25(33-23(30)20(26)13(2)3)17-10-19-21-16(9-14-7-5-6-8-18(14)27-21)22(29)28(19)11-15(17)12-32-24(25)31/h5-10,13,15,17,20H,4,11-12,26H2,1-3H3/t15?,17?,20-,25-/m0/s1. The van der Waals surface area contributed by atoms with E-state index in [1.165, 1.54) is 0 Å². The predicted molar refractivity (Wildman–Crippen MR) is 121 cm³/mol. The molecule has 0 aliphatic carbocycles. The van der Waals surface area contributed by atoms with Gasteiger partial charge in [0.1, 0.15) is 6.04 Å². The molecule has 2 N–H and O–H groups in total. The van der Waals surface area contributed by atoms with E-state index in [4.69, 9.17) is 20.2 Å². The van der Waals surface area contributed by atoms with Crippen molar-refractivity contribution in [2.75, 3.05) is 13.2 Å². The molecule has 4 heterocycles.